The van der Waals surface area contributed by atoms with Crippen molar-refractivity contribution in [2.75, 3.05) is 5.32 Å². The van der Waals surface area contributed by atoms with Gasteiger partial charge in [0.05, 0.1) is 11.7 Å². The van der Waals surface area contributed by atoms with Crippen LogP contribution in [0.25, 0.3) is 0 Å². The topological polar surface area (TPSA) is 21.3 Å². The van der Waals surface area contributed by atoms with Gasteiger partial charge in [-0.3, -0.25) is 0 Å². The first-order chi connectivity index (χ1) is 8.13. The van der Waals surface area contributed by atoms with E-state index in [-0.39, 0.29) is 11.9 Å². The molecule has 4 atom stereocenters. The van der Waals surface area contributed by atoms with Gasteiger partial charge in [0.2, 0.25) is 0 Å². The van der Waals surface area contributed by atoms with Gasteiger partial charge in [-0.05, 0) is 36.8 Å². The van der Waals surface area contributed by atoms with Gasteiger partial charge in [0.25, 0.3) is 0 Å². The Balaban J connectivity index is 1.91. The average molecular weight is 235 g/mol. The third-order valence-corrected chi connectivity index (χ3v) is 3.97. The van der Waals surface area contributed by atoms with Crippen molar-refractivity contribution in [3.8, 4) is 5.75 Å². The Morgan fingerprint density at radius 3 is 2.94 bits per heavy atom. The number of anilines is 1. The van der Waals surface area contributed by atoms with Crippen molar-refractivity contribution < 1.29 is 9.13 Å². The zero-order valence-electron chi connectivity index (χ0n) is 10.2. The number of benzene rings is 1. The van der Waals surface area contributed by atoms with E-state index in [1.807, 2.05) is 0 Å². The molecule has 1 fully saturated rings. The Hall–Kier alpha value is -1.25. The third kappa shape index (κ3) is 1.88. The molecule has 3 heteroatoms. The van der Waals surface area contributed by atoms with Crippen molar-refractivity contribution in [3.05, 3.63) is 24.0 Å². The zero-order valence-corrected chi connectivity index (χ0v) is 10.2. The first kappa shape index (κ1) is 10.9. The van der Waals surface area contributed by atoms with Crippen LogP contribution in [0.4, 0.5) is 10.1 Å². The van der Waals surface area contributed by atoms with Gasteiger partial charge in [-0.15, -0.1) is 0 Å². The molecule has 2 nitrogen and oxygen atoms in total. The van der Waals surface area contributed by atoms with Crippen molar-refractivity contribution in [1.82, 2.24) is 0 Å². The minimum absolute atomic E-state index is 0.183. The summed E-state index contributed by atoms with van der Waals surface area (Å²) >= 11 is 0. The predicted octanol–water partition coefficient (Wildman–Crippen LogP) is 3.43. The average Bonchev–Trinajstić information content (AvgIpc) is 2.26. The van der Waals surface area contributed by atoms with Crippen molar-refractivity contribution in [1.29, 1.82) is 0 Å². The fourth-order valence-corrected chi connectivity index (χ4v) is 3.20. The molecule has 1 aromatic rings. The highest BCUT2D eigenvalue weighted by Gasteiger charge is 2.38. The second-order valence-corrected chi connectivity index (χ2v) is 5.52. The summed E-state index contributed by atoms with van der Waals surface area (Å²) in [7, 11) is 0. The number of ether oxygens (including phenoxy) is 1. The summed E-state index contributed by atoms with van der Waals surface area (Å²) in [5, 5.41) is 3.50. The lowest BCUT2D eigenvalue weighted by atomic mass is 9.77. The van der Waals surface area contributed by atoms with Crippen LogP contribution < -0.4 is 10.1 Å². The van der Waals surface area contributed by atoms with Gasteiger partial charge in [0.15, 0.2) is 0 Å². The van der Waals surface area contributed by atoms with E-state index in [1.165, 1.54) is 18.6 Å². The van der Waals surface area contributed by atoms with Crippen LogP contribution in [0.1, 0.15) is 26.7 Å². The Bertz CT molecular complexity index is 434. The molecule has 0 saturated heterocycles. The summed E-state index contributed by atoms with van der Waals surface area (Å²) in [6.45, 7) is 4.52. The number of rotatable bonds is 0. The molecule has 0 radical (unpaired) electrons. The molecule has 17 heavy (non-hydrogen) atoms. The fraction of sp³-hybridized carbons (Fsp3) is 0.571. The normalized spacial score (nSPS) is 35.2. The van der Waals surface area contributed by atoms with Crippen LogP contribution >= 0.6 is 0 Å². The number of hydrogen-bond acceptors (Lipinski definition) is 2. The van der Waals surface area contributed by atoms with E-state index >= 15 is 0 Å². The van der Waals surface area contributed by atoms with Crippen LogP contribution in [0, 0.1) is 17.7 Å². The Morgan fingerprint density at radius 2 is 2.12 bits per heavy atom. The molecule has 92 valence electrons. The van der Waals surface area contributed by atoms with Crippen LogP contribution in [-0.2, 0) is 0 Å². The molecule has 1 aliphatic heterocycles. The van der Waals surface area contributed by atoms with Gasteiger partial charge in [0, 0.05) is 6.07 Å². The standard InChI is InChI=1S/C14H18FNO/c1-8-5-9(2)14-13(6-8)17-12-7-10(15)3-4-11(12)16-14/h3-4,7-9,13-14,16H,5-6H2,1-2H3. The number of halogens is 1. The van der Waals surface area contributed by atoms with Crippen molar-refractivity contribution >= 4 is 5.69 Å². The highest BCUT2D eigenvalue weighted by molar-refractivity contribution is 5.59. The lowest BCUT2D eigenvalue weighted by Gasteiger charge is -2.43. The Morgan fingerprint density at radius 1 is 1.29 bits per heavy atom. The van der Waals surface area contributed by atoms with Crippen LogP contribution in [0.3, 0.4) is 0 Å². The highest BCUT2D eigenvalue weighted by atomic mass is 19.1. The minimum Gasteiger partial charge on any atom is -0.486 e. The molecule has 4 unspecified atom stereocenters. The van der Waals surface area contributed by atoms with Crippen LogP contribution in [0.15, 0.2) is 18.2 Å². The summed E-state index contributed by atoms with van der Waals surface area (Å²) < 4.78 is 19.1. The SMILES string of the molecule is CC1CC(C)C2Nc3ccc(F)cc3OC2C1. The van der Waals surface area contributed by atoms with Gasteiger partial charge in [-0.25, -0.2) is 4.39 Å². The van der Waals surface area contributed by atoms with Crippen molar-refractivity contribution in [2.45, 2.75) is 38.8 Å². The van der Waals surface area contributed by atoms with Gasteiger partial charge >= 0.3 is 0 Å². The second kappa shape index (κ2) is 3.90. The van der Waals surface area contributed by atoms with Crippen molar-refractivity contribution in [3.63, 3.8) is 0 Å². The molecule has 0 amide bonds. The monoisotopic (exact) mass is 235 g/mol. The highest BCUT2D eigenvalue weighted by Crippen LogP contribution is 2.40. The molecular formula is C14H18FNO. The largest absolute Gasteiger partial charge is 0.486 e. The summed E-state index contributed by atoms with van der Waals surface area (Å²) in [4.78, 5) is 0. The molecule has 3 rings (SSSR count). The van der Waals surface area contributed by atoms with Crippen LogP contribution in [0.2, 0.25) is 0 Å². The molecule has 0 bridgehead atoms. The van der Waals surface area contributed by atoms with E-state index in [0.717, 1.165) is 12.1 Å². The summed E-state index contributed by atoms with van der Waals surface area (Å²) in [6.07, 6.45) is 2.47. The van der Waals surface area contributed by atoms with Crippen LogP contribution in [0.5, 0.6) is 5.75 Å². The number of nitrogens with one attached hydrogen (secondary N) is 1. The molecule has 1 heterocycles. The lowest BCUT2D eigenvalue weighted by molar-refractivity contribution is 0.0773. The molecule has 0 aromatic heterocycles. The summed E-state index contributed by atoms with van der Waals surface area (Å²) in [5.41, 5.74) is 0.925. The zero-order chi connectivity index (χ0) is 12.0. The molecular weight excluding hydrogens is 217 g/mol. The van der Waals surface area contributed by atoms with E-state index < -0.39 is 0 Å². The van der Waals surface area contributed by atoms with Crippen molar-refractivity contribution in [2.24, 2.45) is 11.8 Å². The minimum atomic E-state index is -0.235. The molecule has 1 aromatic carbocycles. The van der Waals surface area contributed by atoms with E-state index in [9.17, 15) is 4.39 Å². The first-order valence-electron chi connectivity index (χ1n) is 6.36. The number of fused-ring (bicyclic) bond motifs is 2. The Kier molecular flexibility index (Phi) is 2.49. The maximum absolute atomic E-state index is 13.2. The van der Waals surface area contributed by atoms with Gasteiger partial charge < -0.3 is 10.1 Å². The molecule has 2 aliphatic rings. The van der Waals surface area contributed by atoms with Gasteiger partial charge in [-0.1, -0.05) is 13.8 Å². The maximum Gasteiger partial charge on any atom is 0.145 e. The summed E-state index contributed by atoms with van der Waals surface area (Å²) in [6, 6.07) is 5.09. The summed E-state index contributed by atoms with van der Waals surface area (Å²) in [5.74, 6) is 1.71. The third-order valence-electron chi connectivity index (χ3n) is 3.97. The second-order valence-electron chi connectivity index (χ2n) is 5.52. The molecule has 0 spiro atoms. The maximum atomic E-state index is 13.2. The van der Waals surface area contributed by atoms with E-state index in [1.54, 1.807) is 6.07 Å². The quantitative estimate of drug-likeness (QED) is 0.743. The first-order valence-corrected chi connectivity index (χ1v) is 6.36. The number of hydrogen-bond donors (Lipinski definition) is 1. The van der Waals surface area contributed by atoms with Gasteiger partial charge in [-0.2, -0.15) is 0 Å². The molecule has 1 saturated carbocycles. The van der Waals surface area contributed by atoms with Gasteiger partial charge in [0.1, 0.15) is 17.7 Å². The smallest absolute Gasteiger partial charge is 0.145 e. The van der Waals surface area contributed by atoms with E-state index in [2.05, 4.69) is 19.2 Å². The predicted molar refractivity (Wildman–Crippen MR) is 65.8 cm³/mol. The molecule has 1 aliphatic carbocycles. The molecule has 1 N–H and O–H groups in total. The fourth-order valence-electron chi connectivity index (χ4n) is 3.20. The Labute approximate surface area is 101 Å². The van der Waals surface area contributed by atoms with E-state index in [4.69, 9.17) is 4.74 Å². The van der Waals surface area contributed by atoms with Crippen LogP contribution in [-0.4, -0.2) is 12.1 Å². The lowest BCUT2D eigenvalue weighted by Crippen LogP contribution is -2.49. The van der Waals surface area contributed by atoms with E-state index in [0.29, 0.717) is 23.6 Å².